The molecule has 0 saturated carbocycles. The van der Waals surface area contributed by atoms with Crippen LogP contribution >= 0.6 is 11.5 Å². The SMILES string of the molecule is COc1cc(C(=O)C2CCOCC2)sn1. The first-order valence-corrected chi connectivity index (χ1v) is 5.71. The van der Waals surface area contributed by atoms with E-state index < -0.39 is 0 Å². The van der Waals surface area contributed by atoms with E-state index in [9.17, 15) is 4.79 Å². The van der Waals surface area contributed by atoms with Gasteiger partial charge in [-0.1, -0.05) is 0 Å². The number of nitrogens with zero attached hydrogens (tertiary/aromatic N) is 1. The van der Waals surface area contributed by atoms with E-state index in [2.05, 4.69) is 4.37 Å². The molecule has 0 radical (unpaired) electrons. The first-order chi connectivity index (χ1) is 7.31. The number of methoxy groups -OCH3 is 1. The van der Waals surface area contributed by atoms with Crippen LogP contribution in [0.4, 0.5) is 0 Å². The van der Waals surface area contributed by atoms with Crippen molar-refractivity contribution >= 4 is 17.3 Å². The van der Waals surface area contributed by atoms with Gasteiger partial charge in [-0.2, -0.15) is 4.37 Å². The van der Waals surface area contributed by atoms with Crippen LogP contribution in [0.2, 0.25) is 0 Å². The van der Waals surface area contributed by atoms with E-state index in [0.717, 1.165) is 12.8 Å². The van der Waals surface area contributed by atoms with Gasteiger partial charge in [0.05, 0.1) is 12.0 Å². The molecule has 0 atom stereocenters. The van der Waals surface area contributed by atoms with Crippen LogP contribution in [0.3, 0.4) is 0 Å². The number of ether oxygens (including phenoxy) is 2. The van der Waals surface area contributed by atoms with Crippen molar-refractivity contribution in [3.63, 3.8) is 0 Å². The number of aromatic nitrogens is 1. The summed E-state index contributed by atoms with van der Waals surface area (Å²) >= 11 is 1.21. The van der Waals surface area contributed by atoms with Crippen molar-refractivity contribution in [2.45, 2.75) is 12.8 Å². The molecule has 0 aromatic carbocycles. The molecule has 0 N–H and O–H groups in total. The second-order valence-electron chi connectivity index (χ2n) is 3.48. The van der Waals surface area contributed by atoms with E-state index >= 15 is 0 Å². The molecule has 82 valence electrons. The van der Waals surface area contributed by atoms with Gasteiger partial charge in [0.25, 0.3) is 0 Å². The Morgan fingerprint density at radius 1 is 1.60 bits per heavy atom. The largest absolute Gasteiger partial charge is 0.480 e. The van der Waals surface area contributed by atoms with Gasteiger partial charge in [-0.05, 0) is 24.4 Å². The average molecular weight is 227 g/mol. The quantitative estimate of drug-likeness (QED) is 0.738. The van der Waals surface area contributed by atoms with E-state index in [0.29, 0.717) is 24.0 Å². The summed E-state index contributed by atoms with van der Waals surface area (Å²) in [5.74, 6) is 0.804. The summed E-state index contributed by atoms with van der Waals surface area (Å²) in [6.45, 7) is 1.37. The molecule has 0 amide bonds. The predicted octanol–water partition coefficient (Wildman–Crippen LogP) is 1.76. The third kappa shape index (κ3) is 2.35. The molecule has 4 nitrogen and oxygen atoms in total. The number of hydrogen-bond donors (Lipinski definition) is 0. The summed E-state index contributed by atoms with van der Waals surface area (Å²) in [6.07, 6.45) is 1.64. The predicted molar refractivity (Wildman–Crippen MR) is 56.5 cm³/mol. The smallest absolute Gasteiger partial charge is 0.225 e. The third-order valence-corrected chi connectivity index (χ3v) is 3.32. The molecule has 2 heterocycles. The lowest BCUT2D eigenvalue weighted by atomic mass is 9.94. The number of rotatable bonds is 3. The van der Waals surface area contributed by atoms with Crippen molar-refractivity contribution in [1.82, 2.24) is 4.37 Å². The number of carbonyl (C=O) groups excluding carboxylic acids is 1. The number of Topliss-reactive ketones (excluding diaryl/α,β-unsaturated/α-hetero) is 1. The van der Waals surface area contributed by atoms with E-state index in [1.165, 1.54) is 11.5 Å². The maximum absolute atomic E-state index is 12.0. The number of ketones is 1. The average Bonchev–Trinajstić information content (AvgIpc) is 2.78. The first-order valence-electron chi connectivity index (χ1n) is 4.94. The van der Waals surface area contributed by atoms with Gasteiger partial charge >= 0.3 is 0 Å². The summed E-state index contributed by atoms with van der Waals surface area (Å²) < 4.78 is 14.2. The van der Waals surface area contributed by atoms with Crippen LogP contribution in [0, 0.1) is 5.92 Å². The zero-order valence-electron chi connectivity index (χ0n) is 8.56. The van der Waals surface area contributed by atoms with Crippen molar-refractivity contribution in [3.05, 3.63) is 10.9 Å². The Morgan fingerprint density at radius 2 is 2.33 bits per heavy atom. The lowest BCUT2D eigenvalue weighted by Gasteiger charge is -2.19. The molecule has 5 heteroatoms. The van der Waals surface area contributed by atoms with E-state index in [4.69, 9.17) is 9.47 Å². The first kappa shape index (κ1) is 10.6. The summed E-state index contributed by atoms with van der Waals surface area (Å²) in [4.78, 5) is 12.7. The zero-order chi connectivity index (χ0) is 10.7. The summed E-state index contributed by atoms with van der Waals surface area (Å²) in [6, 6.07) is 1.71. The Balaban J connectivity index is 2.05. The Kier molecular flexibility index (Phi) is 3.33. The molecular weight excluding hydrogens is 214 g/mol. The lowest BCUT2D eigenvalue weighted by Crippen LogP contribution is -2.22. The maximum Gasteiger partial charge on any atom is 0.225 e. The van der Waals surface area contributed by atoms with Gasteiger partial charge in [0, 0.05) is 25.2 Å². The molecule has 0 spiro atoms. The van der Waals surface area contributed by atoms with Crippen LogP contribution in [-0.4, -0.2) is 30.5 Å². The third-order valence-electron chi connectivity index (χ3n) is 2.53. The summed E-state index contributed by atoms with van der Waals surface area (Å²) in [7, 11) is 1.55. The Hall–Kier alpha value is -0.940. The monoisotopic (exact) mass is 227 g/mol. The standard InChI is InChI=1S/C10H13NO3S/c1-13-9-6-8(15-11-9)10(12)7-2-4-14-5-3-7/h6-7H,2-5H2,1H3. The molecular formula is C10H13NO3S. The van der Waals surface area contributed by atoms with Crippen LogP contribution in [-0.2, 0) is 4.74 Å². The molecule has 1 saturated heterocycles. The van der Waals surface area contributed by atoms with Crippen LogP contribution < -0.4 is 4.74 Å². The lowest BCUT2D eigenvalue weighted by molar-refractivity contribution is 0.0547. The highest BCUT2D eigenvalue weighted by Crippen LogP contribution is 2.24. The molecule has 1 aromatic rings. The fraction of sp³-hybridized carbons (Fsp3) is 0.600. The van der Waals surface area contributed by atoms with Crippen molar-refractivity contribution in [2.75, 3.05) is 20.3 Å². The van der Waals surface area contributed by atoms with E-state index in [1.807, 2.05) is 0 Å². The highest BCUT2D eigenvalue weighted by atomic mass is 32.1. The molecule has 0 bridgehead atoms. The molecule has 2 rings (SSSR count). The molecule has 15 heavy (non-hydrogen) atoms. The zero-order valence-corrected chi connectivity index (χ0v) is 9.38. The van der Waals surface area contributed by atoms with E-state index in [-0.39, 0.29) is 11.7 Å². The molecule has 1 aromatic heterocycles. The van der Waals surface area contributed by atoms with Crippen molar-refractivity contribution in [1.29, 1.82) is 0 Å². The molecule has 0 unspecified atom stereocenters. The Morgan fingerprint density at radius 3 is 2.93 bits per heavy atom. The van der Waals surface area contributed by atoms with Crippen LogP contribution in [0.5, 0.6) is 5.88 Å². The van der Waals surface area contributed by atoms with Crippen LogP contribution in [0.15, 0.2) is 6.07 Å². The minimum atomic E-state index is 0.101. The molecule has 1 aliphatic heterocycles. The van der Waals surface area contributed by atoms with Gasteiger partial charge in [0.15, 0.2) is 5.78 Å². The minimum absolute atomic E-state index is 0.101. The Bertz CT molecular complexity index is 344. The van der Waals surface area contributed by atoms with Gasteiger partial charge in [0.2, 0.25) is 5.88 Å². The van der Waals surface area contributed by atoms with Gasteiger partial charge in [-0.25, -0.2) is 0 Å². The van der Waals surface area contributed by atoms with Crippen LogP contribution in [0.25, 0.3) is 0 Å². The second kappa shape index (κ2) is 4.72. The number of carbonyl (C=O) groups is 1. The topological polar surface area (TPSA) is 48.4 Å². The normalized spacial score (nSPS) is 17.7. The molecule has 1 aliphatic rings. The fourth-order valence-corrected chi connectivity index (χ4v) is 2.36. The minimum Gasteiger partial charge on any atom is -0.480 e. The fourth-order valence-electron chi connectivity index (χ4n) is 1.63. The van der Waals surface area contributed by atoms with Gasteiger partial charge < -0.3 is 9.47 Å². The summed E-state index contributed by atoms with van der Waals surface area (Å²) in [5.41, 5.74) is 0. The van der Waals surface area contributed by atoms with Crippen molar-refractivity contribution in [3.8, 4) is 5.88 Å². The Labute approximate surface area is 92.4 Å². The van der Waals surface area contributed by atoms with Gasteiger partial charge in [-0.15, -0.1) is 0 Å². The summed E-state index contributed by atoms with van der Waals surface area (Å²) in [5, 5.41) is 0. The molecule has 1 fully saturated rings. The van der Waals surface area contributed by atoms with Gasteiger partial charge in [-0.3, -0.25) is 4.79 Å². The number of hydrogen-bond acceptors (Lipinski definition) is 5. The van der Waals surface area contributed by atoms with E-state index in [1.54, 1.807) is 13.2 Å². The highest BCUT2D eigenvalue weighted by Gasteiger charge is 2.24. The maximum atomic E-state index is 12.0. The van der Waals surface area contributed by atoms with Crippen LogP contribution in [0.1, 0.15) is 22.5 Å². The van der Waals surface area contributed by atoms with Crippen molar-refractivity contribution < 1.29 is 14.3 Å². The van der Waals surface area contributed by atoms with Crippen molar-refractivity contribution in [2.24, 2.45) is 5.92 Å². The highest BCUT2D eigenvalue weighted by molar-refractivity contribution is 7.08. The second-order valence-corrected chi connectivity index (χ2v) is 4.29. The van der Waals surface area contributed by atoms with Gasteiger partial charge in [0.1, 0.15) is 0 Å². The molecule has 0 aliphatic carbocycles.